The third kappa shape index (κ3) is 3.42. The fourth-order valence-corrected chi connectivity index (χ4v) is 3.07. The van der Waals surface area contributed by atoms with Gasteiger partial charge in [-0.05, 0) is 18.9 Å². The summed E-state index contributed by atoms with van der Waals surface area (Å²) in [6.45, 7) is 0.856. The van der Waals surface area contributed by atoms with Gasteiger partial charge in [0.2, 0.25) is 0 Å². The number of nitro benzene ring substituents is 1. The summed E-state index contributed by atoms with van der Waals surface area (Å²) < 4.78 is 30.1. The first-order valence-electron chi connectivity index (χ1n) is 5.93. The van der Waals surface area contributed by atoms with Crippen LogP contribution in [0.3, 0.4) is 0 Å². The minimum Gasteiger partial charge on any atom is -0.370 e. The van der Waals surface area contributed by atoms with Crippen molar-refractivity contribution in [1.82, 2.24) is 4.31 Å². The Morgan fingerprint density at radius 3 is 2.53 bits per heavy atom. The number of hydrogen-bond acceptors (Lipinski definition) is 5. The average Bonchev–Trinajstić information content (AvgIpc) is 2.39. The number of nitrogens with zero attached hydrogens (tertiary/aromatic N) is 2. The second-order valence-electron chi connectivity index (χ2n) is 4.26. The van der Waals surface area contributed by atoms with Gasteiger partial charge in [-0.1, -0.05) is 12.5 Å². The molecule has 0 aromatic heterocycles. The lowest BCUT2D eigenvalue weighted by molar-refractivity contribution is -0.384. The SMILES string of the molecule is O=[N+]([O-])c1cccc(OS(=O)(=O)N2CCCCC2)c1. The smallest absolute Gasteiger partial charge is 0.370 e. The molecule has 1 aromatic rings. The van der Waals surface area contributed by atoms with E-state index in [0.717, 1.165) is 25.3 Å². The zero-order valence-corrected chi connectivity index (χ0v) is 11.0. The summed E-state index contributed by atoms with van der Waals surface area (Å²) in [7, 11) is -3.87. The zero-order valence-electron chi connectivity index (χ0n) is 10.2. The van der Waals surface area contributed by atoms with Gasteiger partial charge in [0.1, 0.15) is 0 Å². The number of non-ortho nitro benzene ring substituents is 1. The number of piperidine rings is 1. The van der Waals surface area contributed by atoms with E-state index < -0.39 is 15.2 Å². The summed E-state index contributed by atoms with van der Waals surface area (Å²) in [5.74, 6) is -0.0419. The Hall–Kier alpha value is -1.67. The van der Waals surface area contributed by atoms with Crippen molar-refractivity contribution in [3.05, 3.63) is 34.4 Å². The summed E-state index contributed by atoms with van der Waals surface area (Å²) in [6, 6.07) is 5.15. The second-order valence-corrected chi connectivity index (χ2v) is 5.79. The van der Waals surface area contributed by atoms with E-state index in [9.17, 15) is 18.5 Å². The third-order valence-corrected chi connectivity index (χ3v) is 4.26. The zero-order chi connectivity index (χ0) is 13.9. The molecule has 0 radical (unpaired) electrons. The van der Waals surface area contributed by atoms with Crippen LogP contribution < -0.4 is 4.18 Å². The largest absolute Gasteiger partial charge is 0.385 e. The number of hydrogen-bond donors (Lipinski definition) is 0. The van der Waals surface area contributed by atoms with Gasteiger partial charge in [-0.15, -0.1) is 0 Å². The van der Waals surface area contributed by atoms with Crippen molar-refractivity contribution in [2.75, 3.05) is 13.1 Å². The molecule has 1 fully saturated rings. The van der Waals surface area contributed by atoms with Crippen LogP contribution in [0.1, 0.15) is 19.3 Å². The van der Waals surface area contributed by atoms with E-state index in [-0.39, 0.29) is 11.4 Å². The molecule has 0 saturated carbocycles. The van der Waals surface area contributed by atoms with Crippen molar-refractivity contribution in [2.45, 2.75) is 19.3 Å². The first-order valence-corrected chi connectivity index (χ1v) is 7.29. The van der Waals surface area contributed by atoms with E-state index in [1.165, 1.54) is 22.5 Å². The van der Waals surface area contributed by atoms with Gasteiger partial charge in [-0.25, -0.2) is 0 Å². The van der Waals surface area contributed by atoms with Crippen LogP contribution >= 0.6 is 0 Å². The number of rotatable bonds is 4. The molecule has 1 heterocycles. The lowest BCUT2D eigenvalue weighted by atomic mass is 10.2. The molecular weight excluding hydrogens is 272 g/mol. The fourth-order valence-electron chi connectivity index (χ4n) is 1.91. The Balaban J connectivity index is 2.15. The average molecular weight is 286 g/mol. The Bertz CT molecular complexity index is 566. The molecule has 0 bridgehead atoms. The topological polar surface area (TPSA) is 89.7 Å². The molecule has 7 nitrogen and oxygen atoms in total. The lowest BCUT2D eigenvalue weighted by Gasteiger charge is -2.24. The van der Waals surface area contributed by atoms with Crippen molar-refractivity contribution in [1.29, 1.82) is 0 Å². The standard InChI is InChI=1S/C11H14N2O5S/c14-13(15)10-5-4-6-11(9-10)18-19(16,17)12-7-2-1-3-8-12/h4-6,9H,1-3,7-8H2. The Kier molecular flexibility index (Phi) is 4.01. The molecule has 104 valence electrons. The highest BCUT2D eigenvalue weighted by atomic mass is 32.2. The van der Waals surface area contributed by atoms with Gasteiger partial charge >= 0.3 is 10.3 Å². The minimum atomic E-state index is -3.87. The Morgan fingerprint density at radius 2 is 1.89 bits per heavy atom. The van der Waals surface area contributed by atoms with E-state index in [0.29, 0.717) is 13.1 Å². The number of benzene rings is 1. The summed E-state index contributed by atoms with van der Waals surface area (Å²) in [5.41, 5.74) is -0.202. The van der Waals surface area contributed by atoms with Crippen LogP contribution in [0.2, 0.25) is 0 Å². The highest BCUT2D eigenvalue weighted by Crippen LogP contribution is 2.22. The molecular formula is C11H14N2O5S. The maximum atomic E-state index is 12.0. The maximum Gasteiger partial charge on any atom is 0.385 e. The molecule has 8 heteroatoms. The summed E-state index contributed by atoms with van der Waals surface area (Å²) >= 11 is 0. The molecule has 19 heavy (non-hydrogen) atoms. The van der Waals surface area contributed by atoms with Gasteiger partial charge in [-0.2, -0.15) is 12.7 Å². The number of nitro groups is 1. The fraction of sp³-hybridized carbons (Fsp3) is 0.455. The van der Waals surface area contributed by atoms with Crippen LogP contribution in [0.4, 0.5) is 5.69 Å². The predicted molar refractivity (Wildman–Crippen MR) is 68.1 cm³/mol. The van der Waals surface area contributed by atoms with Crippen LogP contribution in [0.25, 0.3) is 0 Å². The van der Waals surface area contributed by atoms with Crippen LogP contribution in [0, 0.1) is 10.1 Å². The van der Waals surface area contributed by atoms with E-state index in [1.807, 2.05) is 0 Å². The van der Waals surface area contributed by atoms with E-state index in [2.05, 4.69) is 0 Å². The quantitative estimate of drug-likeness (QED) is 0.620. The highest BCUT2D eigenvalue weighted by molar-refractivity contribution is 7.84. The van der Waals surface area contributed by atoms with E-state index >= 15 is 0 Å². The first-order chi connectivity index (χ1) is 8.99. The van der Waals surface area contributed by atoms with Gasteiger partial charge < -0.3 is 4.18 Å². The maximum absolute atomic E-state index is 12.0. The van der Waals surface area contributed by atoms with Gasteiger partial charge in [0.05, 0.1) is 11.0 Å². The van der Waals surface area contributed by atoms with Gasteiger partial charge in [0.15, 0.2) is 5.75 Å². The normalized spacial score (nSPS) is 17.1. The molecule has 0 atom stereocenters. The molecule has 1 aliphatic heterocycles. The van der Waals surface area contributed by atoms with E-state index in [4.69, 9.17) is 4.18 Å². The third-order valence-electron chi connectivity index (χ3n) is 2.86. The lowest BCUT2D eigenvalue weighted by Crippen LogP contribution is -2.38. The molecule has 0 spiro atoms. The van der Waals surface area contributed by atoms with Gasteiger partial charge in [-0.3, -0.25) is 10.1 Å². The predicted octanol–water partition coefficient (Wildman–Crippen LogP) is 1.70. The van der Waals surface area contributed by atoms with Gasteiger partial charge in [0.25, 0.3) is 5.69 Å². The summed E-state index contributed by atoms with van der Waals surface area (Å²) in [5, 5.41) is 10.6. The molecule has 2 rings (SSSR count). The molecule has 0 amide bonds. The Morgan fingerprint density at radius 1 is 1.21 bits per heavy atom. The van der Waals surface area contributed by atoms with Gasteiger partial charge in [0, 0.05) is 19.2 Å². The van der Waals surface area contributed by atoms with Crippen LogP contribution in [-0.2, 0) is 10.3 Å². The van der Waals surface area contributed by atoms with Crippen LogP contribution in [-0.4, -0.2) is 30.7 Å². The Labute approximate surface area is 111 Å². The van der Waals surface area contributed by atoms with Crippen LogP contribution in [0.15, 0.2) is 24.3 Å². The second kappa shape index (κ2) is 5.54. The monoisotopic (exact) mass is 286 g/mol. The summed E-state index contributed by atoms with van der Waals surface area (Å²) in [6.07, 6.45) is 2.61. The van der Waals surface area contributed by atoms with Crippen LogP contribution in [0.5, 0.6) is 5.75 Å². The summed E-state index contributed by atoms with van der Waals surface area (Å²) in [4.78, 5) is 10.0. The highest BCUT2D eigenvalue weighted by Gasteiger charge is 2.26. The molecule has 1 aromatic carbocycles. The van der Waals surface area contributed by atoms with Crippen molar-refractivity contribution in [3.63, 3.8) is 0 Å². The van der Waals surface area contributed by atoms with Crippen molar-refractivity contribution in [3.8, 4) is 5.75 Å². The van der Waals surface area contributed by atoms with Crippen molar-refractivity contribution < 1.29 is 17.5 Å². The molecule has 1 saturated heterocycles. The van der Waals surface area contributed by atoms with Crippen molar-refractivity contribution in [2.24, 2.45) is 0 Å². The van der Waals surface area contributed by atoms with E-state index in [1.54, 1.807) is 0 Å². The molecule has 0 aliphatic carbocycles. The molecule has 1 aliphatic rings. The molecule has 0 unspecified atom stereocenters. The molecule has 0 N–H and O–H groups in total. The first kappa shape index (κ1) is 13.8. The van der Waals surface area contributed by atoms with Crippen molar-refractivity contribution >= 4 is 16.0 Å². The minimum absolute atomic E-state index is 0.0419.